The summed E-state index contributed by atoms with van der Waals surface area (Å²) in [5.74, 6) is 0.411. The number of hydrogen-bond acceptors (Lipinski definition) is 4. The van der Waals surface area contributed by atoms with Crippen molar-refractivity contribution < 1.29 is 5.11 Å². The number of nitrogens with one attached hydrogen (secondary N) is 1. The predicted octanol–water partition coefficient (Wildman–Crippen LogP) is -0.418. The predicted molar refractivity (Wildman–Crippen MR) is 74.1 cm³/mol. The molecule has 1 unspecified atom stereocenters. The molecule has 0 saturated heterocycles. The van der Waals surface area contributed by atoms with E-state index in [2.05, 4.69) is 12.2 Å². The standard InChI is InChI=1S/C13H23N3O3/c1-4-10(5-6-17)8-14-9-11-7-12(18)16(3)13(19)15(11)2/h7,10,14,17H,4-6,8-9H2,1-3H3. The van der Waals surface area contributed by atoms with Gasteiger partial charge in [0.05, 0.1) is 0 Å². The fourth-order valence-corrected chi connectivity index (χ4v) is 1.99. The van der Waals surface area contributed by atoms with E-state index < -0.39 is 0 Å². The Labute approximate surface area is 112 Å². The monoisotopic (exact) mass is 269 g/mol. The summed E-state index contributed by atoms with van der Waals surface area (Å²) in [5, 5.41) is 12.1. The fraction of sp³-hybridized carbons (Fsp3) is 0.692. The maximum Gasteiger partial charge on any atom is 0.330 e. The first-order valence-corrected chi connectivity index (χ1v) is 6.58. The van der Waals surface area contributed by atoms with Crippen molar-refractivity contribution in [3.8, 4) is 0 Å². The Hall–Kier alpha value is -1.40. The summed E-state index contributed by atoms with van der Waals surface area (Å²) in [6.07, 6.45) is 1.75. The number of aliphatic hydroxyl groups is 1. The highest BCUT2D eigenvalue weighted by molar-refractivity contribution is 5.01. The average molecular weight is 269 g/mol. The molecule has 1 rings (SSSR count). The first-order valence-electron chi connectivity index (χ1n) is 6.58. The lowest BCUT2D eigenvalue weighted by molar-refractivity contribution is 0.251. The summed E-state index contributed by atoms with van der Waals surface area (Å²) >= 11 is 0. The molecule has 0 bridgehead atoms. The van der Waals surface area contributed by atoms with E-state index in [0.29, 0.717) is 18.2 Å². The first kappa shape index (κ1) is 15.7. The largest absolute Gasteiger partial charge is 0.396 e. The van der Waals surface area contributed by atoms with Gasteiger partial charge in [0.25, 0.3) is 5.56 Å². The molecule has 1 aromatic heterocycles. The molecule has 0 saturated carbocycles. The normalized spacial score (nSPS) is 12.6. The van der Waals surface area contributed by atoms with Gasteiger partial charge in [-0.25, -0.2) is 4.79 Å². The highest BCUT2D eigenvalue weighted by atomic mass is 16.3. The molecule has 0 fully saturated rings. The van der Waals surface area contributed by atoms with E-state index in [-0.39, 0.29) is 17.9 Å². The van der Waals surface area contributed by atoms with E-state index in [9.17, 15) is 9.59 Å². The zero-order valence-electron chi connectivity index (χ0n) is 11.8. The van der Waals surface area contributed by atoms with Gasteiger partial charge in [0.15, 0.2) is 0 Å². The van der Waals surface area contributed by atoms with Crippen molar-refractivity contribution >= 4 is 0 Å². The van der Waals surface area contributed by atoms with Crippen LogP contribution >= 0.6 is 0 Å². The molecule has 6 nitrogen and oxygen atoms in total. The second-order valence-electron chi connectivity index (χ2n) is 4.79. The molecule has 0 amide bonds. The Morgan fingerprint density at radius 3 is 2.58 bits per heavy atom. The van der Waals surface area contributed by atoms with Gasteiger partial charge in [-0.05, 0) is 18.9 Å². The average Bonchev–Trinajstić information content (AvgIpc) is 2.41. The molecule has 0 spiro atoms. The molecule has 6 heteroatoms. The Morgan fingerprint density at radius 1 is 1.32 bits per heavy atom. The van der Waals surface area contributed by atoms with Gasteiger partial charge in [-0.3, -0.25) is 13.9 Å². The highest BCUT2D eigenvalue weighted by Crippen LogP contribution is 2.05. The lowest BCUT2D eigenvalue weighted by atomic mass is 10.0. The van der Waals surface area contributed by atoms with Crippen molar-refractivity contribution in [1.82, 2.24) is 14.5 Å². The van der Waals surface area contributed by atoms with Crippen LogP contribution in [0.1, 0.15) is 25.5 Å². The van der Waals surface area contributed by atoms with Crippen LogP contribution in [0.4, 0.5) is 0 Å². The van der Waals surface area contributed by atoms with E-state index in [1.807, 2.05) is 0 Å². The molecule has 1 aromatic rings. The number of nitrogens with zero attached hydrogens (tertiary/aromatic N) is 2. The molecular weight excluding hydrogens is 246 g/mol. The zero-order valence-corrected chi connectivity index (χ0v) is 11.8. The molecular formula is C13H23N3O3. The fourth-order valence-electron chi connectivity index (χ4n) is 1.99. The molecule has 1 heterocycles. The van der Waals surface area contributed by atoms with Crippen LogP contribution < -0.4 is 16.6 Å². The molecule has 1 atom stereocenters. The van der Waals surface area contributed by atoms with Crippen LogP contribution in [0, 0.1) is 5.92 Å². The molecule has 0 radical (unpaired) electrons. The van der Waals surface area contributed by atoms with Gasteiger partial charge in [0, 0.05) is 39.0 Å². The van der Waals surface area contributed by atoms with Gasteiger partial charge in [0.1, 0.15) is 0 Å². The molecule has 0 aliphatic rings. The number of hydrogen-bond donors (Lipinski definition) is 2. The Balaban J connectivity index is 2.69. The molecule has 19 heavy (non-hydrogen) atoms. The van der Waals surface area contributed by atoms with Crippen LogP contribution in [-0.2, 0) is 20.6 Å². The van der Waals surface area contributed by atoms with Gasteiger partial charge in [-0.15, -0.1) is 0 Å². The minimum absolute atomic E-state index is 0.185. The van der Waals surface area contributed by atoms with Crippen molar-refractivity contribution in [2.24, 2.45) is 20.0 Å². The summed E-state index contributed by atoms with van der Waals surface area (Å²) in [5.41, 5.74) is 0.0703. The van der Waals surface area contributed by atoms with Crippen LogP contribution in [0.2, 0.25) is 0 Å². The molecule has 2 N–H and O–H groups in total. The summed E-state index contributed by atoms with van der Waals surface area (Å²) in [6, 6.07) is 1.47. The summed E-state index contributed by atoms with van der Waals surface area (Å²) < 4.78 is 2.56. The van der Waals surface area contributed by atoms with Crippen LogP contribution in [0.5, 0.6) is 0 Å². The van der Waals surface area contributed by atoms with Gasteiger partial charge in [-0.1, -0.05) is 13.3 Å². The zero-order chi connectivity index (χ0) is 14.4. The van der Waals surface area contributed by atoms with Crippen molar-refractivity contribution in [1.29, 1.82) is 0 Å². The minimum atomic E-state index is -0.313. The van der Waals surface area contributed by atoms with Crippen molar-refractivity contribution in [3.05, 3.63) is 32.6 Å². The highest BCUT2D eigenvalue weighted by Gasteiger charge is 2.08. The third-order valence-electron chi connectivity index (χ3n) is 3.48. The van der Waals surface area contributed by atoms with E-state index in [1.54, 1.807) is 7.05 Å². The van der Waals surface area contributed by atoms with Crippen LogP contribution in [0.3, 0.4) is 0 Å². The topological polar surface area (TPSA) is 76.3 Å². The quantitative estimate of drug-likeness (QED) is 0.705. The molecule has 108 valence electrons. The van der Waals surface area contributed by atoms with E-state index in [4.69, 9.17) is 5.11 Å². The van der Waals surface area contributed by atoms with Crippen LogP contribution in [0.15, 0.2) is 15.7 Å². The maximum atomic E-state index is 11.7. The molecule has 0 aliphatic heterocycles. The molecule has 0 aromatic carbocycles. The Bertz CT molecular complexity index is 519. The second-order valence-corrected chi connectivity index (χ2v) is 4.79. The summed E-state index contributed by atoms with van der Waals surface area (Å²) in [7, 11) is 3.13. The number of rotatable bonds is 7. The second kappa shape index (κ2) is 7.25. The summed E-state index contributed by atoms with van der Waals surface area (Å²) in [4.78, 5) is 23.3. The lowest BCUT2D eigenvalue weighted by Crippen LogP contribution is -2.39. The van der Waals surface area contributed by atoms with Gasteiger partial charge < -0.3 is 10.4 Å². The van der Waals surface area contributed by atoms with Gasteiger partial charge in [0.2, 0.25) is 0 Å². The SMILES string of the molecule is CCC(CCO)CNCc1cc(=O)n(C)c(=O)n1C. The number of aliphatic hydroxyl groups excluding tert-OH is 1. The smallest absolute Gasteiger partial charge is 0.330 e. The van der Waals surface area contributed by atoms with E-state index in [1.165, 1.54) is 17.7 Å². The third kappa shape index (κ3) is 4.04. The van der Waals surface area contributed by atoms with Crippen LogP contribution in [-0.4, -0.2) is 27.4 Å². The van der Waals surface area contributed by atoms with Gasteiger partial charge in [-0.2, -0.15) is 0 Å². The Morgan fingerprint density at radius 2 is 2.00 bits per heavy atom. The van der Waals surface area contributed by atoms with Gasteiger partial charge >= 0.3 is 5.69 Å². The van der Waals surface area contributed by atoms with Crippen LogP contribution in [0.25, 0.3) is 0 Å². The van der Waals surface area contributed by atoms with Crippen molar-refractivity contribution in [2.45, 2.75) is 26.3 Å². The third-order valence-corrected chi connectivity index (χ3v) is 3.48. The minimum Gasteiger partial charge on any atom is -0.396 e. The van der Waals surface area contributed by atoms with Crippen molar-refractivity contribution in [3.63, 3.8) is 0 Å². The lowest BCUT2D eigenvalue weighted by Gasteiger charge is -2.15. The number of aromatic nitrogens is 2. The van der Waals surface area contributed by atoms with E-state index in [0.717, 1.165) is 24.0 Å². The maximum absolute atomic E-state index is 11.7. The Kier molecular flexibility index (Phi) is 5.98. The van der Waals surface area contributed by atoms with Crippen molar-refractivity contribution in [2.75, 3.05) is 13.2 Å². The van der Waals surface area contributed by atoms with E-state index >= 15 is 0 Å². The molecule has 0 aliphatic carbocycles. The summed E-state index contributed by atoms with van der Waals surface area (Å²) in [6.45, 7) is 3.50. The first-order chi connectivity index (χ1) is 9.01.